The van der Waals surface area contributed by atoms with Gasteiger partial charge in [-0.25, -0.2) is 0 Å². The first kappa shape index (κ1) is 13.8. The topological polar surface area (TPSA) is 87.7 Å². The average Bonchev–Trinajstić information content (AvgIpc) is 3.04. The predicted molar refractivity (Wildman–Crippen MR) is 86.5 cm³/mol. The normalized spacial score (nSPS) is 13.9. The van der Waals surface area contributed by atoms with Crippen molar-refractivity contribution in [2.45, 2.75) is 25.7 Å². The van der Waals surface area contributed by atoms with Crippen LogP contribution in [0.4, 0.5) is 0 Å². The van der Waals surface area contributed by atoms with Crippen LogP contribution in [-0.2, 0) is 12.8 Å². The van der Waals surface area contributed by atoms with E-state index in [4.69, 9.17) is 0 Å². The molecule has 116 valence electrons. The number of nitrogens with zero attached hydrogens (tertiary/aromatic N) is 1. The molecule has 0 aliphatic heterocycles. The van der Waals surface area contributed by atoms with Crippen LogP contribution in [0.2, 0.25) is 0 Å². The van der Waals surface area contributed by atoms with Gasteiger partial charge in [0, 0.05) is 18.0 Å². The van der Waals surface area contributed by atoms with E-state index in [1.54, 1.807) is 12.3 Å². The maximum Gasteiger partial charge on any atom is 0.314 e. The monoisotopic (exact) mass is 309 g/mol. The van der Waals surface area contributed by atoms with Gasteiger partial charge in [0.25, 0.3) is 0 Å². The zero-order chi connectivity index (χ0) is 16.0. The molecule has 2 heterocycles. The third-order valence-electron chi connectivity index (χ3n) is 4.45. The number of hydrogen-bond acceptors (Lipinski definition) is 3. The molecule has 2 aromatic heterocycles. The minimum Gasteiger partial charge on any atom is -0.323 e. The fourth-order valence-electron chi connectivity index (χ4n) is 3.38. The lowest BCUT2D eigenvalue weighted by Crippen LogP contribution is -2.29. The Bertz CT molecular complexity index is 1040. The van der Waals surface area contributed by atoms with E-state index in [0.29, 0.717) is 11.1 Å². The summed E-state index contributed by atoms with van der Waals surface area (Å²) in [6.45, 7) is 0. The summed E-state index contributed by atoms with van der Waals surface area (Å²) in [5.74, 6) is 0. The molecule has 23 heavy (non-hydrogen) atoms. The molecule has 0 unspecified atom stereocenters. The van der Waals surface area contributed by atoms with E-state index in [1.807, 2.05) is 16.8 Å². The molecule has 3 aromatic rings. The maximum atomic E-state index is 11.7. The van der Waals surface area contributed by atoms with Crippen molar-refractivity contribution < 1.29 is 4.79 Å². The third-order valence-corrected chi connectivity index (χ3v) is 4.45. The zero-order valence-corrected chi connectivity index (χ0v) is 12.4. The zero-order valence-electron chi connectivity index (χ0n) is 12.4. The van der Waals surface area contributed by atoms with Gasteiger partial charge in [0.1, 0.15) is 0 Å². The van der Waals surface area contributed by atoms with Gasteiger partial charge < -0.3 is 14.5 Å². The van der Waals surface area contributed by atoms with Crippen LogP contribution in [-0.4, -0.2) is 20.8 Å². The molecule has 6 nitrogen and oxygen atoms in total. The molecule has 0 saturated carbocycles. The van der Waals surface area contributed by atoms with Gasteiger partial charge in [-0.2, -0.15) is 0 Å². The predicted octanol–water partition coefficient (Wildman–Crippen LogP) is 1.70. The van der Waals surface area contributed by atoms with E-state index >= 15 is 0 Å². The van der Waals surface area contributed by atoms with Gasteiger partial charge in [0.2, 0.25) is 0 Å². The summed E-state index contributed by atoms with van der Waals surface area (Å²) in [6, 6.07) is 3.62. The van der Waals surface area contributed by atoms with Gasteiger partial charge >= 0.3 is 11.1 Å². The number of H-pyrrole nitrogens is 2. The second-order valence-corrected chi connectivity index (χ2v) is 5.86. The van der Waals surface area contributed by atoms with E-state index in [2.05, 4.69) is 9.97 Å². The van der Waals surface area contributed by atoms with Crippen LogP contribution < -0.4 is 11.1 Å². The van der Waals surface area contributed by atoms with Crippen LogP contribution in [0, 0.1) is 0 Å². The van der Waals surface area contributed by atoms with Crippen LogP contribution in [0.5, 0.6) is 0 Å². The minimum atomic E-state index is -0.653. The fourth-order valence-corrected chi connectivity index (χ4v) is 3.38. The van der Waals surface area contributed by atoms with E-state index in [9.17, 15) is 14.4 Å². The minimum absolute atomic E-state index is 0.601. The number of fused-ring (bicyclic) bond motifs is 3. The lowest BCUT2D eigenvalue weighted by molar-refractivity contribution is 0.112. The molecule has 0 atom stereocenters. The van der Waals surface area contributed by atoms with E-state index in [0.717, 1.165) is 48.7 Å². The van der Waals surface area contributed by atoms with Crippen LogP contribution >= 0.6 is 0 Å². The summed E-state index contributed by atoms with van der Waals surface area (Å²) >= 11 is 0. The Morgan fingerprint density at radius 1 is 1.04 bits per heavy atom. The number of carbonyl (C=O) groups is 1. The number of aromatic nitrogens is 3. The highest BCUT2D eigenvalue weighted by Crippen LogP contribution is 2.31. The summed E-state index contributed by atoms with van der Waals surface area (Å²) in [4.78, 5) is 39.6. The molecule has 0 amide bonds. The van der Waals surface area contributed by atoms with Gasteiger partial charge in [-0.3, -0.25) is 14.4 Å². The van der Waals surface area contributed by atoms with Gasteiger partial charge in [-0.05, 0) is 48.9 Å². The van der Waals surface area contributed by atoms with Crippen LogP contribution in [0.25, 0.3) is 16.7 Å². The molecule has 1 aliphatic rings. The third kappa shape index (κ3) is 2.14. The number of nitrogens with one attached hydrogen (secondary N) is 2. The lowest BCUT2D eigenvalue weighted by Gasteiger charge is -2.21. The SMILES string of the molecule is O=Cc1ccn(-c2cc3[nH]c(=O)c(=O)[nH]c3c3c2CCCC3)c1. The summed E-state index contributed by atoms with van der Waals surface area (Å²) in [7, 11) is 0. The Morgan fingerprint density at radius 2 is 1.78 bits per heavy atom. The van der Waals surface area contributed by atoms with E-state index in [-0.39, 0.29) is 0 Å². The highest BCUT2D eigenvalue weighted by molar-refractivity contribution is 5.83. The number of rotatable bonds is 2. The highest BCUT2D eigenvalue weighted by Gasteiger charge is 2.19. The van der Waals surface area contributed by atoms with Crippen molar-refractivity contribution in [3.63, 3.8) is 0 Å². The molecule has 1 aromatic carbocycles. The van der Waals surface area contributed by atoms with Gasteiger partial charge in [-0.15, -0.1) is 0 Å². The smallest absolute Gasteiger partial charge is 0.314 e. The standard InChI is InChI=1S/C17H15N3O3/c21-9-10-5-6-20(8-10)14-7-13-15(19-17(23)16(22)18-13)12-4-2-1-3-11(12)14/h5-9H,1-4H2,(H,18,22)(H,19,23). The first-order chi connectivity index (χ1) is 11.2. The molecular formula is C17H15N3O3. The molecule has 1 aliphatic carbocycles. The van der Waals surface area contributed by atoms with Crippen LogP contribution in [0.15, 0.2) is 34.1 Å². The molecule has 0 spiro atoms. The number of aromatic amines is 2. The average molecular weight is 309 g/mol. The van der Waals surface area contributed by atoms with E-state index in [1.165, 1.54) is 5.56 Å². The first-order valence-corrected chi connectivity index (χ1v) is 7.62. The summed E-state index contributed by atoms with van der Waals surface area (Å²) in [6.07, 6.45) is 8.33. The molecule has 0 radical (unpaired) electrons. The van der Waals surface area contributed by atoms with Crippen molar-refractivity contribution in [2.75, 3.05) is 0 Å². The van der Waals surface area contributed by atoms with Crippen LogP contribution in [0.3, 0.4) is 0 Å². The van der Waals surface area contributed by atoms with Gasteiger partial charge in [-0.1, -0.05) is 0 Å². The van der Waals surface area contributed by atoms with Crippen molar-refractivity contribution >= 4 is 17.3 Å². The highest BCUT2D eigenvalue weighted by atomic mass is 16.2. The number of aryl methyl sites for hydroxylation is 1. The number of carbonyl (C=O) groups excluding carboxylic acids is 1. The molecule has 4 rings (SSSR count). The van der Waals surface area contributed by atoms with Gasteiger partial charge in [0.05, 0.1) is 16.7 Å². The number of hydrogen-bond donors (Lipinski definition) is 2. The second-order valence-electron chi connectivity index (χ2n) is 5.86. The number of aldehydes is 1. The second kappa shape index (κ2) is 5.08. The van der Waals surface area contributed by atoms with Crippen molar-refractivity contribution in [2.24, 2.45) is 0 Å². The molecule has 0 saturated heterocycles. The fraction of sp³-hybridized carbons (Fsp3) is 0.235. The van der Waals surface area contributed by atoms with Crippen molar-refractivity contribution in [3.8, 4) is 5.69 Å². The number of benzene rings is 1. The molecular weight excluding hydrogens is 294 g/mol. The Balaban J connectivity index is 2.07. The van der Waals surface area contributed by atoms with Crippen LogP contribution in [0.1, 0.15) is 34.3 Å². The summed E-state index contributed by atoms with van der Waals surface area (Å²) in [5, 5.41) is 0. The molecule has 0 fully saturated rings. The lowest BCUT2D eigenvalue weighted by atomic mass is 9.89. The Labute approximate surface area is 130 Å². The van der Waals surface area contributed by atoms with Crippen molar-refractivity contribution in [3.05, 3.63) is 61.9 Å². The van der Waals surface area contributed by atoms with Crippen molar-refractivity contribution in [1.82, 2.24) is 14.5 Å². The maximum absolute atomic E-state index is 11.7. The Morgan fingerprint density at radius 3 is 2.52 bits per heavy atom. The van der Waals surface area contributed by atoms with Crippen molar-refractivity contribution in [1.29, 1.82) is 0 Å². The molecule has 0 bridgehead atoms. The summed E-state index contributed by atoms with van der Waals surface area (Å²) < 4.78 is 1.90. The Hall–Kier alpha value is -2.89. The largest absolute Gasteiger partial charge is 0.323 e. The molecule has 6 heteroatoms. The Kier molecular flexibility index (Phi) is 3.04. The van der Waals surface area contributed by atoms with Gasteiger partial charge in [0.15, 0.2) is 6.29 Å². The quantitative estimate of drug-likeness (QED) is 0.558. The van der Waals surface area contributed by atoms with E-state index < -0.39 is 11.1 Å². The first-order valence-electron chi connectivity index (χ1n) is 7.62. The summed E-state index contributed by atoms with van der Waals surface area (Å²) in [5.41, 5.74) is 3.86. The molecule has 2 N–H and O–H groups in total.